The summed E-state index contributed by atoms with van der Waals surface area (Å²) in [5.74, 6) is -0.277. The number of nitrogens with zero attached hydrogens (tertiary/aromatic N) is 2. The highest BCUT2D eigenvalue weighted by Crippen LogP contribution is 2.31. The highest BCUT2D eigenvalue weighted by Gasteiger charge is 2.14. The number of nitrogen functional groups attached to an aromatic ring is 1. The van der Waals surface area contributed by atoms with E-state index in [4.69, 9.17) is 15.7 Å². The molecule has 0 amide bonds. The van der Waals surface area contributed by atoms with Gasteiger partial charge in [0.1, 0.15) is 0 Å². The maximum absolute atomic E-state index is 13.7. The summed E-state index contributed by atoms with van der Waals surface area (Å²) >= 11 is 0. The number of anilines is 2. The molecule has 0 bridgehead atoms. The van der Waals surface area contributed by atoms with Gasteiger partial charge in [-0.05, 0) is 20.8 Å². The second-order valence-electron chi connectivity index (χ2n) is 4.50. The van der Waals surface area contributed by atoms with Crippen LogP contribution in [-0.4, -0.2) is 19.2 Å². The van der Waals surface area contributed by atoms with E-state index in [1.165, 1.54) is 6.07 Å². The lowest BCUT2D eigenvalue weighted by Gasteiger charge is -2.24. The largest absolute Gasteiger partial charge is 0.488 e. The van der Waals surface area contributed by atoms with E-state index in [0.29, 0.717) is 30.9 Å². The first-order valence-electron chi connectivity index (χ1n) is 6.37. The van der Waals surface area contributed by atoms with E-state index >= 15 is 0 Å². The summed E-state index contributed by atoms with van der Waals surface area (Å²) in [6.07, 6.45) is 0.283. The molecule has 104 valence electrons. The van der Waals surface area contributed by atoms with Crippen molar-refractivity contribution in [3.63, 3.8) is 0 Å². The second kappa shape index (κ2) is 6.83. The van der Waals surface area contributed by atoms with Crippen LogP contribution in [0.2, 0.25) is 0 Å². The number of hydrogen-bond acceptors (Lipinski definition) is 4. The van der Waals surface area contributed by atoms with Gasteiger partial charge >= 0.3 is 0 Å². The minimum Gasteiger partial charge on any atom is -0.488 e. The summed E-state index contributed by atoms with van der Waals surface area (Å²) in [4.78, 5) is 1.94. The predicted molar refractivity (Wildman–Crippen MR) is 74.7 cm³/mol. The van der Waals surface area contributed by atoms with Crippen LogP contribution in [0.4, 0.5) is 15.8 Å². The van der Waals surface area contributed by atoms with Crippen LogP contribution in [-0.2, 0) is 0 Å². The van der Waals surface area contributed by atoms with Gasteiger partial charge in [-0.1, -0.05) is 0 Å². The van der Waals surface area contributed by atoms with Crippen molar-refractivity contribution < 1.29 is 9.13 Å². The Kier molecular flexibility index (Phi) is 5.43. The standard InChI is InChI=1S/C14H20FN3O/c1-4-18(7-5-6-16)13-9-14(19-10(2)3)11(15)8-12(13)17/h8-10H,4-5,7,17H2,1-3H3. The van der Waals surface area contributed by atoms with Gasteiger partial charge in [-0.2, -0.15) is 5.26 Å². The Morgan fingerprint density at radius 2 is 2.16 bits per heavy atom. The lowest BCUT2D eigenvalue weighted by Crippen LogP contribution is -2.25. The van der Waals surface area contributed by atoms with E-state index < -0.39 is 5.82 Å². The normalized spacial score (nSPS) is 10.3. The third kappa shape index (κ3) is 4.02. The molecule has 0 heterocycles. The van der Waals surface area contributed by atoms with Crippen LogP contribution in [0.1, 0.15) is 27.2 Å². The third-order valence-corrected chi connectivity index (χ3v) is 2.66. The van der Waals surface area contributed by atoms with Crippen LogP contribution < -0.4 is 15.4 Å². The van der Waals surface area contributed by atoms with Gasteiger partial charge in [0, 0.05) is 25.2 Å². The van der Waals surface area contributed by atoms with Crippen LogP contribution in [0, 0.1) is 17.1 Å². The molecule has 19 heavy (non-hydrogen) atoms. The van der Waals surface area contributed by atoms with Crippen molar-refractivity contribution in [2.45, 2.75) is 33.3 Å². The van der Waals surface area contributed by atoms with E-state index in [9.17, 15) is 4.39 Å². The number of nitrogens with two attached hydrogens (primary N) is 1. The summed E-state index contributed by atoms with van der Waals surface area (Å²) in [6, 6.07) is 4.96. The van der Waals surface area contributed by atoms with Gasteiger partial charge in [-0.25, -0.2) is 4.39 Å². The maximum Gasteiger partial charge on any atom is 0.167 e. The van der Waals surface area contributed by atoms with Crippen LogP contribution in [0.3, 0.4) is 0 Å². The van der Waals surface area contributed by atoms with E-state index in [-0.39, 0.29) is 11.9 Å². The lowest BCUT2D eigenvalue weighted by atomic mass is 10.2. The number of nitriles is 1. The topological polar surface area (TPSA) is 62.3 Å². The number of halogens is 1. The minimum absolute atomic E-state index is 0.111. The van der Waals surface area contributed by atoms with E-state index in [0.717, 1.165) is 0 Å². The Morgan fingerprint density at radius 3 is 2.68 bits per heavy atom. The smallest absolute Gasteiger partial charge is 0.167 e. The Morgan fingerprint density at radius 1 is 1.47 bits per heavy atom. The van der Waals surface area contributed by atoms with Gasteiger partial charge in [0.15, 0.2) is 11.6 Å². The molecule has 0 aromatic heterocycles. The highest BCUT2D eigenvalue weighted by molar-refractivity contribution is 5.70. The summed E-state index contributed by atoms with van der Waals surface area (Å²) < 4.78 is 19.2. The SMILES string of the molecule is CCN(CCC#N)c1cc(OC(C)C)c(F)cc1N. The van der Waals surface area contributed by atoms with Crippen LogP contribution in [0.5, 0.6) is 5.75 Å². The van der Waals surface area contributed by atoms with E-state index in [2.05, 4.69) is 6.07 Å². The van der Waals surface area contributed by atoms with Crippen molar-refractivity contribution in [3.05, 3.63) is 17.9 Å². The van der Waals surface area contributed by atoms with E-state index in [1.54, 1.807) is 6.07 Å². The molecule has 0 unspecified atom stereocenters. The molecule has 0 aliphatic heterocycles. The van der Waals surface area contributed by atoms with Gasteiger partial charge in [-0.15, -0.1) is 0 Å². The van der Waals surface area contributed by atoms with Gasteiger partial charge in [0.2, 0.25) is 0 Å². The van der Waals surface area contributed by atoms with E-state index in [1.807, 2.05) is 25.7 Å². The van der Waals surface area contributed by atoms with Crippen molar-refractivity contribution >= 4 is 11.4 Å². The zero-order valence-corrected chi connectivity index (χ0v) is 11.6. The van der Waals surface area contributed by atoms with Gasteiger partial charge in [-0.3, -0.25) is 0 Å². The zero-order chi connectivity index (χ0) is 14.4. The lowest BCUT2D eigenvalue weighted by molar-refractivity contribution is 0.231. The molecule has 0 saturated carbocycles. The van der Waals surface area contributed by atoms with Crippen molar-refractivity contribution in [1.82, 2.24) is 0 Å². The average molecular weight is 265 g/mol. The molecule has 1 rings (SSSR count). The first-order chi connectivity index (χ1) is 8.99. The molecular formula is C14H20FN3O. The fraction of sp³-hybridized carbons (Fsp3) is 0.500. The maximum atomic E-state index is 13.7. The molecule has 0 saturated heterocycles. The Bertz CT molecular complexity index is 468. The molecule has 0 radical (unpaired) electrons. The average Bonchev–Trinajstić information content (AvgIpc) is 2.34. The van der Waals surface area contributed by atoms with Gasteiger partial charge in [0.25, 0.3) is 0 Å². The number of rotatable bonds is 6. The molecule has 0 aliphatic carbocycles. The molecule has 4 nitrogen and oxygen atoms in total. The number of hydrogen-bond donors (Lipinski definition) is 1. The molecule has 1 aromatic rings. The number of benzene rings is 1. The summed E-state index contributed by atoms with van der Waals surface area (Å²) in [6.45, 7) is 6.89. The Labute approximate surface area is 113 Å². The van der Waals surface area contributed by atoms with Crippen molar-refractivity contribution in [1.29, 1.82) is 5.26 Å². The molecule has 2 N–H and O–H groups in total. The molecule has 0 atom stereocenters. The van der Waals surface area contributed by atoms with Gasteiger partial charge < -0.3 is 15.4 Å². The summed E-state index contributed by atoms with van der Waals surface area (Å²) in [5.41, 5.74) is 6.91. The first-order valence-corrected chi connectivity index (χ1v) is 6.37. The molecule has 5 heteroatoms. The van der Waals surface area contributed by atoms with Crippen molar-refractivity contribution in [2.75, 3.05) is 23.7 Å². The molecule has 0 fully saturated rings. The summed E-state index contributed by atoms with van der Waals surface area (Å²) in [5, 5.41) is 8.65. The molecular weight excluding hydrogens is 245 g/mol. The zero-order valence-electron chi connectivity index (χ0n) is 11.6. The van der Waals surface area contributed by atoms with Crippen LogP contribution >= 0.6 is 0 Å². The quantitative estimate of drug-likeness (QED) is 0.803. The molecule has 1 aromatic carbocycles. The third-order valence-electron chi connectivity index (χ3n) is 2.66. The fourth-order valence-electron chi connectivity index (χ4n) is 1.81. The summed E-state index contributed by atoms with van der Waals surface area (Å²) in [7, 11) is 0. The van der Waals surface area contributed by atoms with Crippen LogP contribution in [0.25, 0.3) is 0 Å². The monoisotopic (exact) mass is 265 g/mol. The van der Waals surface area contributed by atoms with Crippen molar-refractivity contribution in [3.8, 4) is 11.8 Å². The predicted octanol–water partition coefficient (Wildman–Crippen LogP) is 2.94. The van der Waals surface area contributed by atoms with Crippen molar-refractivity contribution in [2.24, 2.45) is 0 Å². The van der Waals surface area contributed by atoms with Crippen LogP contribution in [0.15, 0.2) is 12.1 Å². The van der Waals surface area contributed by atoms with Gasteiger partial charge in [0.05, 0.1) is 30.0 Å². The molecule has 0 aliphatic rings. The minimum atomic E-state index is -0.466. The second-order valence-corrected chi connectivity index (χ2v) is 4.50. The number of ether oxygens (including phenoxy) is 1. The fourth-order valence-corrected chi connectivity index (χ4v) is 1.81. The Balaban J connectivity index is 3.08. The Hall–Kier alpha value is -1.96. The first kappa shape index (κ1) is 15.1. The molecule has 0 spiro atoms. The highest BCUT2D eigenvalue weighted by atomic mass is 19.1.